The van der Waals surface area contributed by atoms with E-state index >= 15 is 0 Å². The summed E-state index contributed by atoms with van der Waals surface area (Å²) >= 11 is 0. The molecule has 10 heteroatoms. The van der Waals surface area contributed by atoms with Crippen LogP contribution in [0.3, 0.4) is 0 Å². The van der Waals surface area contributed by atoms with E-state index in [0.29, 0.717) is 78.4 Å². The molecule has 0 aliphatic rings. The molecule has 0 saturated carbocycles. The number of nitrogens with one attached hydrogen (secondary N) is 1. The number of aliphatic hydroxyl groups is 2. The van der Waals surface area contributed by atoms with Gasteiger partial charge in [-0.2, -0.15) is 21.0 Å². The van der Waals surface area contributed by atoms with Crippen LogP contribution in [-0.2, 0) is 9.47 Å². The van der Waals surface area contributed by atoms with Crippen LogP contribution in [0.15, 0.2) is 12.7 Å². The Morgan fingerprint density at radius 2 is 1.20 bits per heavy atom. The number of rotatable bonds is 16. The van der Waals surface area contributed by atoms with Crippen LogP contribution in [0, 0.1) is 45.3 Å². The van der Waals surface area contributed by atoms with Crippen molar-refractivity contribution in [3.05, 3.63) is 12.7 Å². The van der Waals surface area contributed by atoms with E-state index in [1.165, 1.54) is 6.08 Å². The highest BCUT2D eigenvalue weighted by atomic mass is 16.5. The van der Waals surface area contributed by atoms with Crippen molar-refractivity contribution < 1.29 is 19.7 Å². The third-order valence-electron chi connectivity index (χ3n) is 3.03. The van der Waals surface area contributed by atoms with Gasteiger partial charge in [0.25, 0.3) is 0 Å². The van der Waals surface area contributed by atoms with Crippen LogP contribution in [0.1, 0.15) is 19.3 Å². The maximum Gasteiger partial charge on any atom is 0.0905 e. The van der Waals surface area contributed by atoms with E-state index in [1.807, 2.05) is 12.1 Å². The molecule has 0 heterocycles. The van der Waals surface area contributed by atoms with Gasteiger partial charge in [0.05, 0.1) is 76.8 Å². The van der Waals surface area contributed by atoms with Crippen molar-refractivity contribution in [1.82, 2.24) is 10.2 Å². The van der Waals surface area contributed by atoms with Gasteiger partial charge in [0.1, 0.15) is 0 Å². The van der Waals surface area contributed by atoms with E-state index in [1.54, 1.807) is 6.07 Å². The first-order chi connectivity index (χ1) is 14.7. The fraction of sp³-hybridized carbons (Fsp3) is 0.700. The van der Waals surface area contributed by atoms with Crippen LogP contribution in [0.2, 0.25) is 0 Å². The summed E-state index contributed by atoms with van der Waals surface area (Å²) in [6, 6.07) is 7.84. The second-order valence-electron chi connectivity index (χ2n) is 5.32. The molecule has 0 unspecified atom stereocenters. The van der Waals surface area contributed by atoms with Gasteiger partial charge in [-0.05, 0) is 0 Å². The Morgan fingerprint density at radius 3 is 1.53 bits per heavy atom. The van der Waals surface area contributed by atoms with Crippen molar-refractivity contribution in [1.29, 1.82) is 21.0 Å². The number of hydrogen-bond donors (Lipinski definition) is 3. The van der Waals surface area contributed by atoms with Crippen LogP contribution in [0.25, 0.3) is 0 Å². The smallest absolute Gasteiger partial charge is 0.0905 e. The molecule has 0 saturated heterocycles. The molecule has 0 fully saturated rings. The molecule has 3 N–H and O–H groups in total. The minimum Gasteiger partial charge on any atom is -0.395 e. The largest absolute Gasteiger partial charge is 0.395 e. The zero-order chi connectivity index (χ0) is 23.1. The SMILES string of the molecule is C=CC#N.N#CCCOCCN(CCC#N)CCOCCC#N.OCCNCCO. The summed E-state index contributed by atoms with van der Waals surface area (Å²) in [4.78, 5) is 2.09. The molecular weight excluding hydrogens is 388 g/mol. The van der Waals surface area contributed by atoms with Crippen LogP contribution in [-0.4, -0.2) is 87.5 Å². The molecule has 0 aromatic carbocycles. The lowest BCUT2D eigenvalue weighted by molar-refractivity contribution is 0.0788. The van der Waals surface area contributed by atoms with E-state index in [4.69, 9.17) is 40.7 Å². The second-order valence-corrected chi connectivity index (χ2v) is 5.32. The highest BCUT2D eigenvalue weighted by Crippen LogP contribution is 1.93. The van der Waals surface area contributed by atoms with E-state index in [9.17, 15) is 0 Å². The fourth-order valence-electron chi connectivity index (χ4n) is 1.65. The van der Waals surface area contributed by atoms with Crippen molar-refractivity contribution in [2.75, 3.05) is 72.4 Å². The Kier molecular flexibility index (Phi) is 36.4. The minimum atomic E-state index is 0.139. The molecule has 0 spiro atoms. The Bertz CT molecular complexity index is 491. The molecular formula is C20H34N6O4. The molecule has 0 bridgehead atoms. The number of hydrogen-bond acceptors (Lipinski definition) is 10. The first-order valence-corrected chi connectivity index (χ1v) is 9.59. The molecule has 0 amide bonds. The number of aliphatic hydroxyl groups excluding tert-OH is 2. The Morgan fingerprint density at radius 1 is 0.767 bits per heavy atom. The van der Waals surface area contributed by atoms with Crippen LogP contribution in [0.4, 0.5) is 0 Å². The Balaban J connectivity index is -0.000000543. The van der Waals surface area contributed by atoms with Crippen LogP contribution in [0.5, 0.6) is 0 Å². The summed E-state index contributed by atoms with van der Waals surface area (Å²) in [6.07, 6.45) is 2.45. The highest BCUT2D eigenvalue weighted by molar-refractivity contribution is 4.93. The molecule has 0 atom stereocenters. The molecule has 30 heavy (non-hydrogen) atoms. The monoisotopic (exact) mass is 422 g/mol. The number of nitriles is 4. The lowest BCUT2D eigenvalue weighted by Gasteiger charge is -2.20. The molecule has 0 aliphatic heterocycles. The molecule has 0 rings (SSSR count). The lowest BCUT2D eigenvalue weighted by Crippen LogP contribution is -2.32. The normalized spacial score (nSPS) is 8.90. The topological polar surface area (TPSA) is 169 Å². The maximum absolute atomic E-state index is 8.59. The summed E-state index contributed by atoms with van der Waals surface area (Å²) in [6.45, 7) is 8.64. The summed E-state index contributed by atoms with van der Waals surface area (Å²) in [5.41, 5.74) is 0. The molecule has 0 aromatic heterocycles. The van der Waals surface area contributed by atoms with Crippen molar-refractivity contribution >= 4 is 0 Å². The second kappa shape index (κ2) is 34.0. The van der Waals surface area contributed by atoms with Gasteiger partial charge in [0.15, 0.2) is 0 Å². The standard InChI is InChI=1S/C13H20N4O2.C4H11NO2.C3H3N/c14-4-1-7-17(8-12-18-10-2-5-15)9-13-19-11-3-6-16;6-3-1-5-2-4-7;1-2-3-4/h1-3,7-13H2;5-7H,1-4H2;2H,1H2. The zero-order valence-corrected chi connectivity index (χ0v) is 17.6. The van der Waals surface area contributed by atoms with Crippen LogP contribution >= 0.6 is 0 Å². The first-order valence-electron chi connectivity index (χ1n) is 9.59. The molecule has 0 radical (unpaired) electrons. The van der Waals surface area contributed by atoms with E-state index < -0.39 is 0 Å². The summed E-state index contributed by atoms with van der Waals surface area (Å²) in [5.74, 6) is 0. The lowest BCUT2D eigenvalue weighted by atomic mass is 10.4. The average molecular weight is 423 g/mol. The summed E-state index contributed by atoms with van der Waals surface area (Å²) < 4.78 is 10.6. The van der Waals surface area contributed by atoms with Gasteiger partial charge in [-0.3, -0.25) is 4.90 Å². The number of allylic oxidation sites excluding steroid dienone is 1. The average Bonchev–Trinajstić information content (AvgIpc) is 2.77. The van der Waals surface area contributed by atoms with Gasteiger partial charge in [0.2, 0.25) is 0 Å². The number of ether oxygens (including phenoxy) is 2. The predicted molar refractivity (Wildman–Crippen MR) is 112 cm³/mol. The maximum atomic E-state index is 8.59. The molecule has 168 valence electrons. The van der Waals surface area contributed by atoms with E-state index in [-0.39, 0.29) is 13.2 Å². The van der Waals surface area contributed by atoms with Gasteiger partial charge >= 0.3 is 0 Å². The van der Waals surface area contributed by atoms with Gasteiger partial charge in [-0.25, -0.2) is 0 Å². The summed E-state index contributed by atoms with van der Waals surface area (Å²) in [5, 5.41) is 51.9. The van der Waals surface area contributed by atoms with Crippen molar-refractivity contribution in [2.45, 2.75) is 19.3 Å². The highest BCUT2D eigenvalue weighted by Gasteiger charge is 2.04. The van der Waals surface area contributed by atoms with Crippen LogP contribution < -0.4 is 5.32 Å². The number of nitrogens with zero attached hydrogens (tertiary/aromatic N) is 5. The quantitative estimate of drug-likeness (QED) is 0.232. The van der Waals surface area contributed by atoms with Gasteiger partial charge in [-0.1, -0.05) is 6.58 Å². The van der Waals surface area contributed by atoms with E-state index in [2.05, 4.69) is 22.9 Å². The Labute approximate surface area is 180 Å². The molecule has 0 aromatic rings. The Hall–Kier alpha value is -2.54. The molecule has 10 nitrogen and oxygen atoms in total. The third kappa shape index (κ3) is 36.4. The summed E-state index contributed by atoms with van der Waals surface area (Å²) in [7, 11) is 0. The first kappa shape index (κ1) is 32.1. The fourth-order valence-corrected chi connectivity index (χ4v) is 1.65. The van der Waals surface area contributed by atoms with E-state index in [0.717, 1.165) is 0 Å². The minimum absolute atomic E-state index is 0.139. The predicted octanol–water partition coefficient (Wildman–Crippen LogP) is 0.319. The van der Waals surface area contributed by atoms with Gasteiger partial charge in [0, 0.05) is 45.2 Å². The van der Waals surface area contributed by atoms with Crippen molar-refractivity contribution in [2.24, 2.45) is 0 Å². The van der Waals surface area contributed by atoms with Crippen molar-refractivity contribution in [3.63, 3.8) is 0 Å². The molecule has 0 aliphatic carbocycles. The van der Waals surface area contributed by atoms with Crippen molar-refractivity contribution in [3.8, 4) is 24.3 Å². The zero-order valence-electron chi connectivity index (χ0n) is 17.6. The van der Waals surface area contributed by atoms with Gasteiger partial charge in [-0.15, -0.1) is 0 Å². The third-order valence-corrected chi connectivity index (χ3v) is 3.03. The van der Waals surface area contributed by atoms with Gasteiger partial charge < -0.3 is 25.0 Å².